The van der Waals surface area contributed by atoms with Crippen LogP contribution in [-0.2, 0) is 27.9 Å². The standard InChI is InChI=1S/C55H101N2O9P/c1-10-11-12-13-14-15-16-17-18-19-20-21-22-23-24-25-37-56-53(60)66-50(41-64-67(61,62)63-39-38-57(7,8)9)51(52(58)59)65-45-33-35-54(5)44(40-45)29-30-46-48-32-31-47(43(4)28-26-27-42(2)3)55(48,6)36-34-49(46)54/h29,42-43,45-51H,10-28,30-41H2,1-9H3,(H2-,56,58,59,60,61,62)/p+1/t43-,45?,46?,47-,48?,49?,50+,51?,54+,55-/m1/s1. The highest BCUT2D eigenvalue weighted by molar-refractivity contribution is 7.47. The number of ether oxygens (including phenoxy) is 2. The maximum Gasteiger partial charge on any atom is 0.472 e. The van der Waals surface area contributed by atoms with E-state index >= 15 is 0 Å². The van der Waals surface area contributed by atoms with E-state index in [0.717, 1.165) is 55.8 Å². The highest BCUT2D eigenvalue weighted by Gasteiger charge is 2.59. The number of fused-ring (bicyclic) bond motifs is 5. The lowest BCUT2D eigenvalue weighted by Gasteiger charge is -2.58. The number of likely N-dealkylation sites (N-methyl/N-ethyl adjacent to an activating group) is 1. The predicted octanol–water partition coefficient (Wildman–Crippen LogP) is 14.1. The van der Waals surface area contributed by atoms with Crippen molar-refractivity contribution in [2.75, 3.05) is 47.4 Å². The van der Waals surface area contributed by atoms with Gasteiger partial charge >= 0.3 is 19.9 Å². The molecule has 11 atom stereocenters. The van der Waals surface area contributed by atoms with Crippen molar-refractivity contribution in [2.24, 2.45) is 46.3 Å². The van der Waals surface area contributed by atoms with Crippen LogP contribution in [0.15, 0.2) is 11.6 Å². The average molecular weight is 966 g/mol. The lowest BCUT2D eigenvalue weighted by atomic mass is 9.47. The van der Waals surface area contributed by atoms with Crippen molar-refractivity contribution < 1.29 is 47.2 Å². The molecule has 4 aliphatic carbocycles. The van der Waals surface area contributed by atoms with Gasteiger partial charge in [0, 0.05) is 6.54 Å². The normalized spacial score (nSPS) is 28.4. The lowest BCUT2D eigenvalue weighted by molar-refractivity contribution is -0.870. The van der Waals surface area contributed by atoms with Gasteiger partial charge in [-0.2, -0.15) is 0 Å². The van der Waals surface area contributed by atoms with Crippen LogP contribution in [-0.4, -0.2) is 92.3 Å². The number of carboxylic acid groups (broad SMARTS) is 1. The summed E-state index contributed by atoms with van der Waals surface area (Å²) >= 11 is 0. The van der Waals surface area contributed by atoms with E-state index in [4.69, 9.17) is 18.5 Å². The number of phosphoric acid groups is 1. The zero-order valence-corrected chi connectivity index (χ0v) is 45.2. The van der Waals surface area contributed by atoms with E-state index in [9.17, 15) is 24.2 Å². The first-order valence-corrected chi connectivity index (χ1v) is 29.2. The van der Waals surface area contributed by atoms with Crippen LogP contribution in [0.3, 0.4) is 0 Å². The summed E-state index contributed by atoms with van der Waals surface area (Å²) in [5.74, 6) is 3.05. The monoisotopic (exact) mass is 966 g/mol. The summed E-state index contributed by atoms with van der Waals surface area (Å²) in [6.45, 7) is 14.7. The van der Waals surface area contributed by atoms with Gasteiger partial charge in [0.15, 0.2) is 12.2 Å². The van der Waals surface area contributed by atoms with Crippen molar-refractivity contribution in [3.8, 4) is 0 Å². The Morgan fingerprint density at radius 3 is 2.00 bits per heavy atom. The Morgan fingerprint density at radius 2 is 1.42 bits per heavy atom. The summed E-state index contributed by atoms with van der Waals surface area (Å²) in [5, 5.41) is 13.4. The molecular formula is C55H102N2O9P+. The van der Waals surface area contributed by atoms with Gasteiger partial charge in [-0.1, -0.05) is 169 Å². The summed E-state index contributed by atoms with van der Waals surface area (Å²) in [6, 6.07) is 0. The first-order chi connectivity index (χ1) is 31.8. The van der Waals surface area contributed by atoms with Gasteiger partial charge in [0.25, 0.3) is 0 Å². The number of aliphatic carboxylic acids is 1. The summed E-state index contributed by atoms with van der Waals surface area (Å²) in [4.78, 5) is 36.8. The minimum absolute atomic E-state index is 0.0437. The molecule has 3 N–H and O–H groups in total. The SMILES string of the molecule is CCCCCCCCCCCCCCCCCCNC(=O)O[C@@H](COP(=O)(O)OCC[N+](C)(C)C)C(OC1CC[C@@]2(C)C(=CCC3C2CC[C@@]2(C)C3CC[C@@H]2[C@H](C)CCCC(C)C)C1)C(=O)O. The number of nitrogens with one attached hydrogen (secondary N) is 1. The maximum atomic E-state index is 13.2. The van der Waals surface area contributed by atoms with Crippen LogP contribution in [0, 0.1) is 46.3 Å². The quantitative estimate of drug-likeness (QED) is 0.0249. The van der Waals surface area contributed by atoms with E-state index in [0.29, 0.717) is 47.7 Å². The van der Waals surface area contributed by atoms with Crippen LogP contribution < -0.4 is 5.32 Å². The summed E-state index contributed by atoms with van der Waals surface area (Å²) < 4.78 is 36.2. The molecule has 4 aliphatic rings. The van der Waals surface area contributed by atoms with Crippen molar-refractivity contribution in [3.05, 3.63) is 11.6 Å². The molecule has 12 heteroatoms. The van der Waals surface area contributed by atoms with Gasteiger partial charge in [0.05, 0.1) is 33.9 Å². The number of hydrogen-bond acceptors (Lipinski definition) is 7. The Bertz CT molecular complexity index is 1530. The highest BCUT2D eigenvalue weighted by atomic mass is 31.2. The van der Waals surface area contributed by atoms with Crippen LogP contribution in [0.2, 0.25) is 0 Å². The van der Waals surface area contributed by atoms with Gasteiger partial charge in [-0.05, 0) is 104 Å². The summed E-state index contributed by atoms with van der Waals surface area (Å²) in [7, 11) is 1.21. The minimum atomic E-state index is -4.60. The zero-order chi connectivity index (χ0) is 49.1. The van der Waals surface area contributed by atoms with Crippen LogP contribution in [0.5, 0.6) is 0 Å². The number of alkyl carbamates (subject to hydrolysis) is 1. The number of rotatable bonds is 34. The molecule has 0 aromatic heterocycles. The Hall–Kier alpha value is -1.49. The number of carbonyl (C=O) groups excluding carboxylic acids is 1. The highest BCUT2D eigenvalue weighted by Crippen LogP contribution is 2.67. The number of carbonyl (C=O) groups is 2. The fourth-order valence-corrected chi connectivity index (χ4v) is 13.9. The van der Waals surface area contributed by atoms with Gasteiger partial charge in [-0.25, -0.2) is 14.2 Å². The number of hydrogen-bond donors (Lipinski definition) is 3. The van der Waals surface area contributed by atoms with Crippen molar-refractivity contribution >= 4 is 19.9 Å². The van der Waals surface area contributed by atoms with Gasteiger partial charge in [0.1, 0.15) is 13.2 Å². The van der Waals surface area contributed by atoms with Crippen molar-refractivity contribution in [3.63, 3.8) is 0 Å². The molecule has 0 bridgehead atoms. The Kier molecular flexibility index (Phi) is 24.7. The molecule has 390 valence electrons. The third kappa shape index (κ3) is 18.9. The first kappa shape index (κ1) is 58.1. The van der Waals surface area contributed by atoms with E-state index in [1.54, 1.807) is 0 Å². The second-order valence-electron chi connectivity index (χ2n) is 23.8. The summed E-state index contributed by atoms with van der Waals surface area (Å²) in [5.41, 5.74) is 1.81. The Morgan fingerprint density at radius 1 is 0.806 bits per heavy atom. The van der Waals surface area contributed by atoms with Gasteiger partial charge in [0.2, 0.25) is 0 Å². The van der Waals surface area contributed by atoms with Crippen LogP contribution in [0.4, 0.5) is 4.79 Å². The molecule has 0 heterocycles. The number of allylic oxidation sites excluding steroid dienone is 1. The van der Waals surface area contributed by atoms with Crippen molar-refractivity contribution in [2.45, 2.75) is 233 Å². The third-order valence-electron chi connectivity index (χ3n) is 17.2. The van der Waals surface area contributed by atoms with Gasteiger partial charge < -0.3 is 29.3 Å². The van der Waals surface area contributed by atoms with E-state index in [2.05, 4.69) is 52.9 Å². The fourth-order valence-electron chi connectivity index (χ4n) is 13.1. The van der Waals surface area contributed by atoms with E-state index in [1.807, 2.05) is 21.1 Å². The fraction of sp³-hybridized carbons (Fsp3) is 0.927. The molecule has 0 radical (unpaired) electrons. The van der Waals surface area contributed by atoms with E-state index in [-0.39, 0.29) is 12.0 Å². The van der Waals surface area contributed by atoms with Gasteiger partial charge in [-0.3, -0.25) is 9.05 Å². The van der Waals surface area contributed by atoms with Gasteiger partial charge in [-0.15, -0.1) is 0 Å². The van der Waals surface area contributed by atoms with Crippen LogP contribution in [0.25, 0.3) is 0 Å². The zero-order valence-electron chi connectivity index (χ0n) is 44.3. The van der Waals surface area contributed by atoms with E-state index in [1.165, 1.54) is 134 Å². The molecule has 1 amide bonds. The molecule has 11 nitrogen and oxygen atoms in total. The molecule has 3 saturated carbocycles. The molecule has 4 rings (SSSR count). The number of nitrogens with zero attached hydrogens (tertiary/aromatic N) is 1. The number of quaternary nitrogens is 1. The molecule has 0 aromatic rings. The largest absolute Gasteiger partial charge is 0.479 e. The topological polar surface area (TPSA) is 141 Å². The van der Waals surface area contributed by atoms with Crippen molar-refractivity contribution in [1.82, 2.24) is 5.32 Å². The molecule has 67 heavy (non-hydrogen) atoms. The molecular weight excluding hydrogens is 864 g/mol. The molecule has 0 spiro atoms. The molecule has 0 aromatic carbocycles. The molecule has 0 aliphatic heterocycles. The Labute approximate surface area is 409 Å². The smallest absolute Gasteiger partial charge is 0.472 e. The molecule has 3 fully saturated rings. The predicted molar refractivity (Wildman–Crippen MR) is 272 cm³/mol. The first-order valence-electron chi connectivity index (χ1n) is 27.7. The van der Waals surface area contributed by atoms with E-state index < -0.39 is 44.8 Å². The minimum Gasteiger partial charge on any atom is -0.479 e. The number of unbranched alkanes of at least 4 members (excludes halogenated alkanes) is 15. The number of phosphoric ester groups is 1. The number of carboxylic acids is 1. The van der Waals surface area contributed by atoms with Crippen LogP contribution in [0.1, 0.15) is 215 Å². The van der Waals surface area contributed by atoms with Crippen LogP contribution >= 0.6 is 7.82 Å². The molecule has 0 saturated heterocycles. The lowest BCUT2D eigenvalue weighted by Crippen LogP contribution is -2.52. The number of amides is 1. The average Bonchev–Trinajstić information content (AvgIpc) is 3.62. The Balaban J connectivity index is 1.29. The third-order valence-corrected chi connectivity index (χ3v) is 18.1. The second-order valence-corrected chi connectivity index (χ2v) is 25.3. The molecule has 6 unspecified atom stereocenters. The summed E-state index contributed by atoms with van der Waals surface area (Å²) in [6.07, 6.45) is 30.7. The maximum absolute atomic E-state index is 13.2. The second kappa shape index (κ2) is 28.5. The van der Waals surface area contributed by atoms with Crippen molar-refractivity contribution in [1.29, 1.82) is 0 Å².